The molecule has 2 heterocycles. The van der Waals surface area contributed by atoms with E-state index < -0.39 is 52.4 Å². The highest BCUT2D eigenvalue weighted by Crippen LogP contribution is 2.46. The smallest absolute Gasteiger partial charge is 0.330 e. The molecule has 1 saturated heterocycles. The van der Waals surface area contributed by atoms with Crippen molar-refractivity contribution in [2.45, 2.75) is 50.4 Å². The summed E-state index contributed by atoms with van der Waals surface area (Å²) in [6.07, 6.45) is -4.79. The number of anilines is 1. The van der Waals surface area contributed by atoms with Crippen LogP contribution < -0.4 is 5.32 Å². The van der Waals surface area contributed by atoms with Crippen molar-refractivity contribution in [1.29, 1.82) is 5.26 Å². The number of nitrogens with zero attached hydrogens (tertiary/aromatic N) is 3. The van der Waals surface area contributed by atoms with Gasteiger partial charge in [-0.15, -0.1) is 0 Å². The topological polar surface area (TPSA) is 93.5 Å². The number of para-hydroxylation sites is 1. The molecule has 7 nitrogen and oxygen atoms in total. The lowest BCUT2D eigenvalue weighted by Crippen LogP contribution is -2.52. The maximum Gasteiger partial charge on any atom is 0.419 e. The van der Waals surface area contributed by atoms with Gasteiger partial charge in [-0.2, -0.15) is 18.4 Å². The Bertz CT molecular complexity index is 1340. The highest BCUT2D eigenvalue weighted by Gasteiger charge is 2.56. The first-order valence-electron chi connectivity index (χ1n) is 12.0. The number of likely N-dealkylation sites (tertiary alicyclic amines) is 1. The number of likely N-dealkylation sites (N-methyl/N-ethyl adjacent to an activating group) is 1. The van der Waals surface area contributed by atoms with Crippen LogP contribution in [0.1, 0.15) is 48.2 Å². The third kappa shape index (κ3) is 4.59. The molecule has 0 saturated carbocycles. The first-order chi connectivity index (χ1) is 17.8. The van der Waals surface area contributed by atoms with Crippen molar-refractivity contribution in [2.75, 3.05) is 18.9 Å². The second kappa shape index (κ2) is 9.74. The molecule has 0 radical (unpaired) electrons. The van der Waals surface area contributed by atoms with Crippen molar-refractivity contribution >= 4 is 23.4 Å². The van der Waals surface area contributed by atoms with Crippen molar-refractivity contribution in [2.24, 2.45) is 5.92 Å². The largest absolute Gasteiger partial charge is 0.419 e. The molecule has 2 aromatic rings. The minimum atomic E-state index is -5.01. The fourth-order valence-corrected chi connectivity index (χ4v) is 5.27. The average Bonchev–Trinajstić information content (AvgIpc) is 3.39. The average molecular weight is 531 g/mol. The lowest BCUT2D eigenvalue weighted by molar-refractivity contribution is -0.140. The van der Waals surface area contributed by atoms with Crippen LogP contribution in [0.3, 0.4) is 0 Å². The van der Waals surface area contributed by atoms with Gasteiger partial charge in [0.1, 0.15) is 17.9 Å². The van der Waals surface area contributed by atoms with Crippen LogP contribution in [-0.4, -0.2) is 53.2 Å². The van der Waals surface area contributed by atoms with E-state index in [1.807, 2.05) is 13.8 Å². The molecule has 3 atom stereocenters. The Kier molecular flexibility index (Phi) is 6.95. The lowest BCUT2D eigenvalue weighted by Gasteiger charge is -2.33. The normalized spacial score (nSPS) is 21.3. The van der Waals surface area contributed by atoms with Crippen LogP contribution in [0.2, 0.25) is 0 Å². The van der Waals surface area contributed by atoms with Crippen molar-refractivity contribution < 1.29 is 31.9 Å². The molecular formula is C27H26F4N4O3. The van der Waals surface area contributed by atoms with Crippen LogP contribution in [0.25, 0.3) is 0 Å². The summed E-state index contributed by atoms with van der Waals surface area (Å²) in [5.41, 5.74) is -1.86. The molecule has 11 heteroatoms. The number of fused-ring (bicyclic) bond motifs is 2. The minimum Gasteiger partial charge on any atom is -0.330 e. The molecule has 4 rings (SSSR count). The molecule has 3 amide bonds. The molecule has 2 aliphatic rings. The molecule has 2 aliphatic heterocycles. The van der Waals surface area contributed by atoms with E-state index in [1.54, 1.807) is 24.3 Å². The summed E-state index contributed by atoms with van der Waals surface area (Å²) in [4.78, 5) is 42.5. The van der Waals surface area contributed by atoms with Crippen LogP contribution in [0.5, 0.6) is 0 Å². The minimum absolute atomic E-state index is 0.0665. The van der Waals surface area contributed by atoms with E-state index in [-0.39, 0.29) is 31.2 Å². The quantitative estimate of drug-likeness (QED) is 0.582. The third-order valence-corrected chi connectivity index (χ3v) is 7.20. The Morgan fingerprint density at radius 2 is 1.92 bits per heavy atom. The van der Waals surface area contributed by atoms with Crippen LogP contribution >= 0.6 is 0 Å². The molecule has 0 aliphatic carbocycles. The number of benzene rings is 2. The first kappa shape index (κ1) is 27.1. The number of alkyl halides is 3. The lowest BCUT2D eigenvalue weighted by atomic mass is 9.80. The summed E-state index contributed by atoms with van der Waals surface area (Å²) in [7, 11) is 1.29. The van der Waals surface area contributed by atoms with Gasteiger partial charge in [0.25, 0.3) is 5.91 Å². The van der Waals surface area contributed by atoms with Crippen LogP contribution in [0.15, 0.2) is 42.5 Å². The Labute approximate surface area is 217 Å². The highest BCUT2D eigenvalue weighted by atomic mass is 19.4. The summed E-state index contributed by atoms with van der Waals surface area (Å²) in [6.45, 7) is 3.54. The zero-order valence-corrected chi connectivity index (χ0v) is 21.0. The van der Waals surface area contributed by atoms with E-state index >= 15 is 0 Å². The van der Waals surface area contributed by atoms with Crippen LogP contribution in [-0.2, 0) is 21.2 Å². The molecule has 200 valence electrons. The molecule has 38 heavy (non-hydrogen) atoms. The molecular weight excluding hydrogens is 504 g/mol. The van der Waals surface area contributed by atoms with Crippen molar-refractivity contribution in [3.05, 3.63) is 65.0 Å². The van der Waals surface area contributed by atoms with Crippen LogP contribution in [0.4, 0.5) is 23.2 Å². The Hall–Kier alpha value is -3.94. The molecule has 2 aromatic carbocycles. The van der Waals surface area contributed by atoms with Gasteiger partial charge in [-0.25, -0.2) is 4.39 Å². The first-order valence-corrected chi connectivity index (χ1v) is 12.0. The standard InChI is InChI=1S/C27H26F4N4O3/c1-15(2)10-22(34(3)23(36)16-8-9-20(28)19(11-16)27(29,30)31)24(37)35-14-26(12-17(35)13-32)18-6-4-5-7-21(18)33-25(26)38/h4-9,11,15,17,22H,10,12,14H2,1-3H3,(H,33,38)/t17-,22-,26-/m0/s1. The Morgan fingerprint density at radius 1 is 1.24 bits per heavy atom. The van der Waals surface area contributed by atoms with Gasteiger partial charge in [0.05, 0.1) is 17.0 Å². The molecule has 1 spiro atoms. The van der Waals surface area contributed by atoms with Crippen LogP contribution in [0, 0.1) is 23.1 Å². The fraction of sp³-hybridized carbons (Fsp3) is 0.407. The van der Waals surface area contributed by atoms with E-state index in [1.165, 1.54) is 11.9 Å². The number of hydrogen-bond acceptors (Lipinski definition) is 4. The summed E-state index contributed by atoms with van der Waals surface area (Å²) in [5.74, 6) is -3.44. The number of nitrogens with one attached hydrogen (secondary N) is 1. The Morgan fingerprint density at radius 3 is 2.55 bits per heavy atom. The number of carbonyl (C=O) groups excluding carboxylic acids is 3. The zero-order valence-electron chi connectivity index (χ0n) is 21.0. The molecule has 1 fully saturated rings. The highest BCUT2D eigenvalue weighted by molar-refractivity contribution is 6.07. The van der Waals surface area contributed by atoms with Crippen molar-refractivity contribution in [3.63, 3.8) is 0 Å². The number of amides is 3. The van der Waals surface area contributed by atoms with Gasteiger partial charge in [-0.05, 0) is 42.2 Å². The Balaban J connectivity index is 1.66. The predicted molar refractivity (Wildman–Crippen MR) is 129 cm³/mol. The van der Waals surface area contributed by atoms with Crippen molar-refractivity contribution in [3.8, 4) is 6.07 Å². The van der Waals surface area contributed by atoms with Crippen molar-refractivity contribution in [1.82, 2.24) is 9.80 Å². The predicted octanol–water partition coefficient (Wildman–Crippen LogP) is 4.35. The fourth-order valence-electron chi connectivity index (χ4n) is 5.27. The SMILES string of the molecule is CC(C)C[C@@H](C(=O)N1C[C@]2(C[C@H]1C#N)C(=O)Nc1ccccc12)N(C)C(=O)c1ccc(F)c(C(F)(F)F)c1. The monoisotopic (exact) mass is 530 g/mol. The summed E-state index contributed by atoms with van der Waals surface area (Å²) in [5, 5.41) is 12.7. The van der Waals surface area contributed by atoms with Gasteiger partial charge < -0.3 is 15.1 Å². The van der Waals surface area contributed by atoms with E-state index in [9.17, 15) is 37.2 Å². The van der Waals surface area contributed by atoms with Gasteiger partial charge in [0.2, 0.25) is 11.8 Å². The van der Waals surface area contributed by atoms with Gasteiger partial charge in [0.15, 0.2) is 0 Å². The van der Waals surface area contributed by atoms with Gasteiger partial charge in [-0.1, -0.05) is 32.0 Å². The number of hydrogen-bond donors (Lipinski definition) is 1. The van der Waals surface area contributed by atoms with E-state index in [2.05, 4.69) is 11.4 Å². The molecule has 0 bridgehead atoms. The number of halogens is 4. The number of carbonyl (C=O) groups is 3. The van der Waals surface area contributed by atoms with Gasteiger partial charge >= 0.3 is 6.18 Å². The van der Waals surface area contributed by atoms with Gasteiger partial charge in [-0.3, -0.25) is 14.4 Å². The summed E-state index contributed by atoms with van der Waals surface area (Å²) in [6, 6.07) is 8.95. The number of nitriles is 1. The zero-order chi connectivity index (χ0) is 28.0. The number of rotatable bonds is 5. The molecule has 0 aromatic heterocycles. The second-order valence-electron chi connectivity index (χ2n) is 10.2. The molecule has 0 unspecified atom stereocenters. The summed E-state index contributed by atoms with van der Waals surface area (Å²) < 4.78 is 53.5. The van der Waals surface area contributed by atoms with E-state index in [0.29, 0.717) is 23.4 Å². The maximum absolute atomic E-state index is 13.9. The summed E-state index contributed by atoms with van der Waals surface area (Å²) >= 11 is 0. The van der Waals surface area contributed by atoms with Gasteiger partial charge in [0, 0.05) is 31.3 Å². The third-order valence-electron chi connectivity index (χ3n) is 7.20. The maximum atomic E-state index is 13.9. The van der Waals surface area contributed by atoms with E-state index in [4.69, 9.17) is 0 Å². The molecule has 1 N–H and O–H groups in total. The second-order valence-corrected chi connectivity index (χ2v) is 10.2. The van der Waals surface area contributed by atoms with E-state index in [0.717, 1.165) is 11.0 Å².